The summed E-state index contributed by atoms with van der Waals surface area (Å²) in [5.41, 5.74) is 3.67. The van der Waals surface area contributed by atoms with Gasteiger partial charge in [0.2, 0.25) is 0 Å². The van der Waals surface area contributed by atoms with Gasteiger partial charge in [0.15, 0.2) is 0 Å². The molecule has 2 heteroatoms. The molecule has 0 atom stereocenters. The Hall–Kier alpha value is -0.760. The van der Waals surface area contributed by atoms with Gasteiger partial charge in [-0.15, -0.1) is 12.6 Å². The fourth-order valence-electron chi connectivity index (χ4n) is 1.47. The molecule has 0 aromatic heterocycles. The molecule has 0 saturated heterocycles. The van der Waals surface area contributed by atoms with Gasteiger partial charge in [0.05, 0.1) is 5.69 Å². The van der Waals surface area contributed by atoms with Crippen LogP contribution < -0.4 is 0 Å². The molecule has 0 fully saturated rings. The van der Waals surface area contributed by atoms with Gasteiger partial charge in [-0.05, 0) is 18.1 Å². The van der Waals surface area contributed by atoms with Crippen molar-refractivity contribution in [3.63, 3.8) is 0 Å². The van der Waals surface area contributed by atoms with Gasteiger partial charge >= 0.3 is 0 Å². The molecule has 0 unspecified atom stereocenters. The van der Waals surface area contributed by atoms with Crippen molar-refractivity contribution in [1.82, 2.24) is 0 Å². The lowest BCUT2D eigenvalue weighted by Gasteiger charge is -1.97. The average molecular weight is 177 g/mol. The van der Waals surface area contributed by atoms with E-state index < -0.39 is 0 Å². The number of fused-ring (bicyclic) bond motifs is 1. The van der Waals surface area contributed by atoms with Crippen LogP contribution in [0.1, 0.15) is 18.9 Å². The van der Waals surface area contributed by atoms with E-state index in [2.05, 4.69) is 30.6 Å². The van der Waals surface area contributed by atoms with Crippen LogP contribution in [0.25, 0.3) is 0 Å². The molecule has 1 nitrogen and oxygen atoms in total. The zero-order valence-corrected chi connectivity index (χ0v) is 7.94. The van der Waals surface area contributed by atoms with Crippen LogP contribution in [-0.4, -0.2) is 5.71 Å². The number of aliphatic imine (C=N–C) groups is 1. The summed E-state index contributed by atoms with van der Waals surface area (Å²) in [4.78, 5) is 5.51. The Bertz CT molecular complexity index is 342. The van der Waals surface area contributed by atoms with Crippen LogP contribution in [0.15, 0.2) is 28.1 Å². The van der Waals surface area contributed by atoms with Gasteiger partial charge in [-0.25, -0.2) is 0 Å². The van der Waals surface area contributed by atoms with E-state index in [0.717, 1.165) is 23.4 Å². The second kappa shape index (κ2) is 2.94. The largest absolute Gasteiger partial charge is 0.256 e. The molecule has 1 aliphatic rings. The third-order valence-electron chi connectivity index (χ3n) is 2.17. The van der Waals surface area contributed by atoms with Crippen LogP contribution in [0.2, 0.25) is 0 Å². The summed E-state index contributed by atoms with van der Waals surface area (Å²) in [6.45, 7) is 2.14. The van der Waals surface area contributed by atoms with Gasteiger partial charge in [-0.3, -0.25) is 4.99 Å². The molecular weight excluding hydrogens is 166 g/mol. The summed E-state index contributed by atoms with van der Waals surface area (Å²) >= 11 is 4.36. The number of hydrogen-bond acceptors (Lipinski definition) is 2. The third kappa shape index (κ3) is 1.16. The van der Waals surface area contributed by atoms with Crippen molar-refractivity contribution in [2.24, 2.45) is 4.99 Å². The van der Waals surface area contributed by atoms with E-state index in [9.17, 15) is 0 Å². The summed E-state index contributed by atoms with van der Waals surface area (Å²) in [7, 11) is 0. The first-order valence-corrected chi connectivity index (χ1v) is 4.63. The molecule has 62 valence electrons. The Morgan fingerprint density at radius 3 is 3.00 bits per heavy atom. The van der Waals surface area contributed by atoms with Gasteiger partial charge in [0, 0.05) is 17.0 Å². The molecular formula is C10H11NS. The fraction of sp³-hybridized carbons (Fsp3) is 0.300. The highest BCUT2D eigenvalue weighted by molar-refractivity contribution is 7.80. The van der Waals surface area contributed by atoms with Crippen LogP contribution in [0.4, 0.5) is 5.69 Å². The minimum Gasteiger partial charge on any atom is -0.256 e. The van der Waals surface area contributed by atoms with Crippen molar-refractivity contribution in [2.75, 3.05) is 0 Å². The molecule has 0 radical (unpaired) electrons. The maximum Gasteiger partial charge on any atom is 0.0798 e. The maximum atomic E-state index is 4.51. The standard InChI is InChI=1S/C10H11NS/c1-2-8-6-7-4-3-5-9(12)10(7)11-8/h3-5,12H,2,6H2,1H3. The summed E-state index contributed by atoms with van der Waals surface area (Å²) in [6.07, 6.45) is 2.06. The van der Waals surface area contributed by atoms with E-state index in [-0.39, 0.29) is 0 Å². The molecule has 1 aliphatic heterocycles. The Morgan fingerprint density at radius 2 is 2.33 bits per heavy atom. The number of para-hydroxylation sites is 1. The molecule has 1 heterocycles. The topological polar surface area (TPSA) is 12.4 Å². The molecule has 1 aromatic carbocycles. The zero-order valence-electron chi connectivity index (χ0n) is 7.04. The number of benzene rings is 1. The van der Waals surface area contributed by atoms with Crippen molar-refractivity contribution in [3.8, 4) is 0 Å². The minimum atomic E-state index is 0.996. The van der Waals surface area contributed by atoms with E-state index in [0.29, 0.717) is 0 Å². The summed E-state index contributed by atoms with van der Waals surface area (Å²) in [5.74, 6) is 0. The Kier molecular flexibility index (Phi) is 1.93. The summed E-state index contributed by atoms with van der Waals surface area (Å²) < 4.78 is 0. The average Bonchev–Trinajstić information content (AvgIpc) is 2.49. The predicted octanol–water partition coefficient (Wildman–Crippen LogP) is 3.01. The smallest absolute Gasteiger partial charge is 0.0798 e. The van der Waals surface area contributed by atoms with Gasteiger partial charge in [0.25, 0.3) is 0 Å². The highest BCUT2D eigenvalue weighted by atomic mass is 32.1. The van der Waals surface area contributed by atoms with E-state index in [1.165, 1.54) is 11.3 Å². The first-order chi connectivity index (χ1) is 5.81. The molecule has 0 N–H and O–H groups in total. The molecule has 0 amide bonds. The Morgan fingerprint density at radius 1 is 1.50 bits per heavy atom. The van der Waals surface area contributed by atoms with Crippen LogP contribution >= 0.6 is 12.6 Å². The fourth-order valence-corrected chi connectivity index (χ4v) is 1.75. The number of thiol groups is 1. The van der Waals surface area contributed by atoms with Crippen molar-refractivity contribution in [3.05, 3.63) is 23.8 Å². The Labute approximate surface area is 77.9 Å². The van der Waals surface area contributed by atoms with Crippen molar-refractivity contribution in [1.29, 1.82) is 0 Å². The third-order valence-corrected chi connectivity index (χ3v) is 2.53. The van der Waals surface area contributed by atoms with Crippen molar-refractivity contribution in [2.45, 2.75) is 24.7 Å². The summed E-state index contributed by atoms with van der Waals surface area (Å²) in [5, 5.41) is 0. The first-order valence-electron chi connectivity index (χ1n) is 4.18. The molecule has 0 saturated carbocycles. The van der Waals surface area contributed by atoms with Gasteiger partial charge in [0.1, 0.15) is 0 Å². The van der Waals surface area contributed by atoms with Crippen LogP contribution in [0, 0.1) is 0 Å². The van der Waals surface area contributed by atoms with E-state index >= 15 is 0 Å². The van der Waals surface area contributed by atoms with Crippen LogP contribution in [-0.2, 0) is 6.42 Å². The summed E-state index contributed by atoms with van der Waals surface area (Å²) in [6, 6.07) is 6.15. The molecule has 0 spiro atoms. The minimum absolute atomic E-state index is 0.996. The van der Waals surface area contributed by atoms with E-state index in [1.54, 1.807) is 0 Å². The SMILES string of the molecule is CCC1=Nc2c(S)cccc2C1. The van der Waals surface area contributed by atoms with Crippen molar-refractivity contribution < 1.29 is 0 Å². The second-order valence-electron chi connectivity index (χ2n) is 2.99. The van der Waals surface area contributed by atoms with Gasteiger partial charge in [-0.1, -0.05) is 19.1 Å². The zero-order chi connectivity index (χ0) is 8.55. The normalized spacial score (nSPS) is 14.3. The number of rotatable bonds is 1. The lowest BCUT2D eigenvalue weighted by molar-refractivity contribution is 1.22. The quantitative estimate of drug-likeness (QED) is 0.633. The molecule has 0 bridgehead atoms. The molecule has 1 aromatic rings. The molecule has 2 rings (SSSR count). The maximum absolute atomic E-state index is 4.51. The number of hydrogen-bond donors (Lipinski definition) is 1. The van der Waals surface area contributed by atoms with Crippen LogP contribution in [0.5, 0.6) is 0 Å². The highest BCUT2D eigenvalue weighted by Gasteiger charge is 2.14. The van der Waals surface area contributed by atoms with Crippen LogP contribution in [0.3, 0.4) is 0 Å². The lowest BCUT2D eigenvalue weighted by atomic mass is 10.1. The van der Waals surface area contributed by atoms with E-state index in [4.69, 9.17) is 0 Å². The number of nitrogens with zero attached hydrogens (tertiary/aromatic N) is 1. The highest BCUT2D eigenvalue weighted by Crippen LogP contribution is 2.33. The Balaban J connectivity index is 2.48. The predicted molar refractivity (Wildman–Crippen MR) is 54.8 cm³/mol. The molecule has 0 aliphatic carbocycles. The lowest BCUT2D eigenvalue weighted by Crippen LogP contribution is -1.93. The van der Waals surface area contributed by atoms with E-state index in [1.807, 2.05) is 12.1 Å². The molecule has 12 heavy (non-hydrogen) atoms. The van der Waals surface area contributed by atoms with Gasteiger partial charge < -0.3 is 0 Å². The van der Waals surface area contributed by atoms with Crippen molar-refractivity contribution >= 4 is 24.0 Å². The first kappa shape index (κ1) is 7.87. The monoisotopic (exact) mass is 177 g/mol. The second-order valence-corrected chi connectivity index (χ2v) is 3.48. The van der Waals surface area contributed by atoms with Gasteiger partial charge in [-0.2, -0.15) is 0 Å².